The summed E-state index contributed by atoms with van der Waals surface area (Å²) in [5, 5.41) is 11.3. The predicted octanol–water partition coefficient (Wildman–Crippen LogP) is -0.243. The first-order chi connectivity index (χ1) is 6.53. The van der Waals surface area contributed by atoms with Gasteiger partial charge in [0.25, 0.3) is 0 Å². The molecule has 0 aliphatic carbocycles. The first kappa shape index (κ1) is 11.9. The van der Waals surface area contributed by atoms with Crippen molar-refractivity contribution in [3.8, 4) is 0 Å². The molecule has 84 valence electrons. The smallest absolute Gasteiger partial charge is 0.0494 e. The first-order valence-corrected chi connectivity index (χ1v) is 5.31. The van der Waals surface area contributed by atoms with Crippen molar-refractivity contribution in [3.05, 3.63) is 0 Å². The SMILES string of the molecule is CN1CCN(NCC(C)(C)CO)CC1. The Labute approximate surface area is 86.9 Å². The van der Waals surface area contributed by atoms with Crippen molar-refractivity contribution >= 4 is 0 Å². The molecule has 0 radical (unpaired) electrons. The molecule has 2 N–H and O–H groups in total. The van der Waals surface area contributed by atoms with Crippen molar-refractivity contribution < 1.29 is 5.11 Å². The second-order valence-electron chi connectivity index (χ2n) is 4.95. The molecule has 0 atom stereocenters. The Morgan fingerprint density at radius 2 is 1.79 bits per heavy atom. The quantitative estimate of drug-likeness (QED) is 0.658. The molecular formula is C10H23N3O. The van der Waals surface area contributed by atoms with E-state index in [2.05, 4.69) is 36.2 Å². The van der Waals surface area contributed by atoms with Crippen molar-refractivity contribution in [1.29, 1.82) is 0 Å². The Morgan fingerprint density at radius 1 is 1.21 bits per heavy atom. The van der Waals surface area contributed by atoms with Crippen molar-refractivity contribution in [1.82, 2.24) is 15.3 Å². The zero-order chi connectivity index (χ0) is 10.6. The minimum absolute atomic E-state index is 0.0245. The molecule has 0 bridgehead atoms. The molecule has 1 aliphatic rings. The van der Waals surface area contributed by atoms with Crippen molar-refractivity contribution in [2.24, 2.45) is 5.41 Å². The number of piperazine rings is 1. The molecule has 0 amide bonds. The van der Waals surface area contributed by atoms with Gasteiger partial charge in [-0.15, -0.1) is 0 Å². The fourth-order valence-electron chi connectivity index (χ4n) is 1.35. The maximum atomic E-state index is 9.10. The van der Waals surface area contributed by atoms with E-state index < -0.39 is 0 Å². The lowest BCUT2D eigenvalue weighted by Crippen LogP contribution is -2.53. The van der Waals surface area contributed by atoms with Crippen LogP contribution < -0.4 is 5.43 Å². The largest absolute Gasteiger partial charge is 0.396 e. The molecule has 14 heavy (non-hydrogen) atoms. The van der Waals surface area contributed by atoms with Gasteiger partial charge in [0.15, 0.2) is 0 Å². The third-order valence-electron chi connectivity index (χ3n) is 2.71. The molecule has 0 aromatic rings. The van der Waals surface area contributed by atoms with Gasteiger partial charge in [-0.1, -0.05) is 13.8 Å². The number of aliphatic hydroxyl groups is 1. The lowest BCUT2D eigenvalue weighted by atomic mass is 9.95. The molecule has 1 aliphatic heterocycles. The number of hydrogen-bond acceptors (Lipinski definition) is 4. The van der Waals surface area contributed by atoms with Gasteiger partial charge in [-0.05, 0) is 7.05 Å². The van der Waals surface area contributed by atoms with Crippen LogP contribution in [0.15, 0.2) is 0 Å². The van der Waals surface area contributed by atoms with Gasteiger partial charge in [0.1, 0.15) is 0 Å². The summed E-state index contributed by atoms with van der Waals surface area (Å²) < 4.78 is 0. The van der Waals surface area contributed by atoms with E-state index in [4.69, 9.17) is 5.11 Å². The Kier molecular flexibility index (Phi) is 4.31. The van der Waals surface area contributed by atoms with Gasteiger partial charge in [0, 0.05) is 44.7 Å². The topological polar surface area (TPSA) is 38.7 Å². The van der Waals surface area contributed by atoms with Crippen molar-refractivity contribution in [2.75, 3.05) is 46.4 Å². The number of nitrogens with one attached hydrogen (secondary N) is 1. The van der Waals surface area contributed by atoms with Gasteiger partial charge in [0.05, 0.1) is 0 Å². The van der Waals surface area contributed by atoms with Gasteiger partial charge >= 0.3 is 0 Å². The van der Waals surface area contributed by atoms with Crippen LogP contribution in [0.25, 0.3) is 0 Å². The summed E-state index contributed by atoms with van der Waals surface area (Å²) in [6.07, 6.45) is 0. The summed E-state index contributed by atoms with van der Waals surface area (Å²) in [6, 6.07) is 0. The molecule has 1 rings (SSSR count). The predicted molar refractivity (Wildman–Crippen MR) is 57.9 cm³/mol. The second-order valence-corrected chi connectivity index (χ2v) is 4.95. The monoisotopic (exact) mass is 201 g/mol. The highest BCUT2D eigenvalue weighted by atomic mass is 16.3. The molecular weight excluding hydrogens is 178 g/mol. The molecule has 0 spiro atoms. The van der Waals surface area contributed by atoms with E-state index in [9.17, 15) is 0 Å². The normalized spacial score (nSPS) is 21.4. The Bertz CT molecular complexity index is 165. The lowest BCUT2D eigenvalue weighted by Gasteiger charge is -2.35. The standard InChI is InChI=1S/C10H23N3O/c1-10(2,9-14)8-11-13-6-4-12(3)5-7-13/h11,14H,4-9H2,1-3H3. The van der Waals surface area contributed by atoms with Crippen molar-refractivity contribution in [3.63, 3.8) is 0 Å². The highest BCUT2D eigenvalue weighted by Gasteiger charge is 2.19. The Balaban J connectivity index is 2.19. The van der Waals surface area contributed by atoms with Crippen LogP contribution in [0.5, 0.6) is 0 Å². The summed E-state index contributed by atoms with van der Waals surface area (Å²) in [5.74, 6) is 0. The lowest BCUT2D eigenvalue weighted by molar-refractivity contribution is 0.0704. The third-order valence-corrected chi connectivity index (χ3v) is 2.71. The minimum Gasteiger partial charge on any atom is -0.396 e. The van der Waals surface area contributed by atoms with E-state index in [1.165, 1.54) is 0 Å². The van der Waals surface area contributed by atoms with E-state index >= 15 is 0 Å². The zero-order valence-electron chi connectivity index (χ0n) is 9.58. The number of hydrazine groups is 1. The highest BCUT2D eigenvalue weighted by Crippen LogP contribution is 2.11. The molecule has 1 heterocycles. The average molecular weight is 201 g/mol. The maximum Gasteiger partial charge on any atom is 0.0494 e. The van der Waals surface area contributed by atoms with Gasteiger partial charge in [0.2, 0.25) is 0 Å². The second kappa shape index (κ2) is 5.07. The van der Waals surface area contributed by atoms with Gasteiger partial charge in [-0.2, -0.15) is 0 Å². The first-order valence-electron chi connectivity index (χ1n) is 5.31. The maximum absolute atomic E-state index is 9.10. The molecule has 0 aromatic heterocycles. The Hall–Kier alpha value is -0.160. The van der Waals surface area contributed by atoms with E-state index in [1.54, 1.807) is 0 Å². The van der Waals surface area contributed by atoms with E-state index in [1.807, 2.05) is 0 Å². The third kappa shape index (κ3) is 3.92. The molecule has 0 saturated carbocycles. The molecule has 4 nitrogen and oxygen atoms in total. The van der Waals surface area contributed by atoms with Crippen LogP contribution in [-0.2, 0) is 0 Å². The summed E-state index contributed by atoms with van der Waals surface area (Å²) in [7, 11) is 2.15. The minimum atomic E-state index is -0.0245. The van der Waals surface area contributed by atoms with Crippen LogP contribution in [0, 0.1) is 5.41 Å². The zero-order valence-corrected chi connectivity index (χ0v) is 9.58. The van der Waals surface area contributed by atoms with Crippen LogP contribution in [0.1, 0.15) is 13.8 Å². The summed E-state index contributed by atoms with van der Waals surface area (Å²) in [4.78, 5) is 2.33. The summed E-state index contributed by atoms with van der Waals surface area (Å²) in [6.45, 7) is 9.57. The van der Waals surface area contributed by atoms with E-state index in [0.717, 1.165) is 32.7 Å². The van der Waals surface area contributed by atoms with Gasteiger partial charge in [-0.25, -0.2) is 5.01 Å². The van der Waals surface area contributed by atoms with Gasteiger partial charge < -0.3 is 10.0 Å². The van der Waals surface area contributed by atoms with Crippen LogP contribution in [0.4, 0.5) is 0 Å². The molecule has 4 heteroatoms. The number of aliphatic hydroxyl groups excluding tert-OH is 1. The van der Waals surface area contributed by atoms with Crippen molar-refractivity contribution in [2.45, 2.75) is 13.8 Å². The van der Waals surface area contributed by atoms with Crippen LogP contribution >= 0.6 is 0 Å². The van der Waals surface area contributed by atoms with Crippen LogP contribution in [-0.4, -0.2) is 61.4 Å². The average Bonchev–Trinajstić information content (AvgIpc) is 2.17. The highest BCUT2D eigenvalue weighted by molar-refractivity contribution is 4.72. The number of nitrogens with zero attached hydrogens (tertiary/aromatic N) is 2. The summed E-state index contributed by atoms with van der Waals surface area (Å²) >= 11 is 0. The summed E-state index contributed by atoms with van der Waals surface area (Å²) in [5.41, 5.74) is 3.36. The Morgan fingerprint density at radius 3 is 2.29 bits per heavy atom. The van der Waals surface area contributed by atoms with Crippen LogP contribution in [0.2, 0.25) is 0 Å². The molecule has 1 fully saturated rings. The fraction of sp³-hybridized carbons (Fsp3) is 1.00. The van der Waals surface area contributed by atoms with E-state index in [0.29, 0.717) is 0 Å². The number of rotatable bonds is 4. The number of likely N-dealkylation sites (N-methyl/N-ethyl adjacent to an activating group) is 1. The van der Waals surface area contributed by atoms with Gasteiger partial charge in [-0.3, -0.25) is 5.43 Å². The fourth-order valence-corrected chi connectivity index (χ4v) is 1.35. The van der Waals surface area contributed by atoms with E-state index in [-0.39, 0.29) is 12.0 Å². The number of hydrogen-bond donors (Lipinski definition) is 2. The van der Waals surface area contributed by atoms with Crippen LogP contribution in [0.3, 0.4) is 0 Å². The molecule has 1 saturated heterocycles. The molecule has 0 unspecified atom stereocenters. The molecule has 0 aromatic carbocycles.